The molecule has 1 N–H and O–H groups in total. The number of alkyl halides is 3. The van der Waals surface area contributed by atoms with Crippen LogP contribution in [0.2, 0.25) is 0 Å². The lowest BCUT2D eigenvalue weighted by Crippen LogP contribution is -2.47. The number of likely N-dealkylation sites (tertiary alicyclic amines) is 1. The molecule has 0 bridgehead atoms. The fourth-order valence-electron chi connectivity index (χ4n) is 2.64. The average molecular weight is 347 g/mol. The summed E-state index contributed by atoms with van der Waals surface area (Å²) in [4.78, 5) is 25.5. The summed E-state index contributed by atoms with van der Waals surface area (Å²) in [6.07, 6.45) is -3.70. The molecule has 1 aliphatic heterocycles. The van der Waals surface area contributed by atoms with Crippen LogP contribution < -0.4 is 0 Å². The minimum absolute atomic E-state index is 0.229. The molecule has 1 aromatic carbocycles. The van der Waals surface area contributed by atoms with Crippen LogP contribution in [0.15, 0.2) is 23.1 Å². The predicted molar refractivity (Wildman–Crippen MR) is 79.6 cm³/mol. The predicted octanol–water partition coefficient (Wildman–Crippen LogP) is 3.20. The number of carboxylic acids is 1. The number of aryl methyl sites for hydroxylation is 1. The van der Waals surface area contributed by atoms with Crippen LogP contribution in [0, 0.1) is 12.3 Å². The maximum atomic E-state index is 13.2. The van der Waals surface area contributed by atoms with E-state index in [0.29, 0.717) is 11.1 Å². The van der Waals surface area contributed by atoms with E-state index in [9.17, 15) is 22.8 Å². The highest BCUT2D eigenvalue weighted by molar-refractivity contribution is 7.98. The number of aliphatic carboxylic acids is 1. The van der Waals surface area contributed by atoms with Crippen LogP contribution in [-0.4, -0.2) is 47.4 Å². The number of halogens is 3. The Balaban J connectivity index is 2.31. The number of amides is 1. The third-order valence-corrected chi connectivity index (χ3v) is 4.91. The van der Waals surface area contributed by atoms with Gasteiger partial charge in [0.05, 0.1) is 0 Å². The van der Waals surface area contributed by atoms with Crippen LogP contribution >= 0.6 is 11.8 Å². The molecule has 0 aliphatic carbocycles. The van der Waals surface area contributed by atoms with Crippen molar-refractivity contribution in [3.63, 3.8) is 0 Å². The van der Waals surface area contributed by atoms with Gasteiger partial charge in [0.25, 0.3) is 5.91 Å². The number of nitrogens with zero attached hydrogens (tertiary/aromatic N) is 1. The molecule has 1 atom stereocenters. The number of carbonyl (C=O) groups is 2. The van der Waals surface area contributed by atoms with Crippen molar-refractivity contribution < 1.29 is 27.9 Å². The van der Waals surface area contributed by atoms with Gasteiger partial charge in [-0.1, -0.05) is 6.07 Å². The number of carbonyl (C=O) groups excluding carboxylic acids is 1. The smallest absolute Gasteiger partial charge is 0.406 e. The Bertz CT molecular complexity index is 647. The molecule has 0 saturated carbocycles. The van der Waals surface area contributed by atoms with Crippen molar-refractivity contribution in [3.05, 3.63) is 29.3 Å². The van der Waals surface area contributed by atoms with Crippen molar-refractivity contribution in [1.29, 1.82) is 0 Å². The SMILES string of the molecule is CSc1ccc(C)c(C(=O)N2CCC(C(=O)O)(C(F)(F)F)C2)c1. The van der Waals surface area contributed by atoms with Gasteiger partial charge >= 0.3 is 12.1 Å². The molecular formula is C15H16F3NO3S. The second-order valence-electron chi connectivity index (χ2n) is 5.54. The summed E-state index contributed by atoms with van der Waals surface area (Å²) in [5.74, 6) is -2.50. The van der Waals surface area contributed by atoms with Crippen LogP contribution in [0.5, 0.6) is 0 Å². The van der Waals surface area contributed by atoms with Gasteiger partial charge in [-0.15, -0.1) is 11.8 Å². The topological polar surface area (TPSA) is 57.6 Å². The minimum atomic E-state index is -4.90. The van der Waals surface area contributed by atoms with E-state index in [1.54, 1.807) is 19.1 Å². The van der Waals surface area contributed by atoms with Gasteiger partial charge in [0.15, 0.2) is 5.41 Å². The maximum Gasteiger partial charge on any atom is 0.406 e. The number of thioether (sulfide) groups is 1. The zero-order valence-electron chi connectivity index (χ0n) is 12.6. The summed E-state index contributed by atoms with van der Waals surface area (Å²) in [5, 5.41) is 9.04. The van der Waals surface area contributed by atoms with E-state index >= 15 is 0 Å². The minimum Gasteiger partial charge on any atom is -0.481 e. The molecule has 1 saturated heterocycles. The van der Waals surface area contributed by atoms with Crippen LogP contribution in [0.4, 0.5) is 13.2 Å². The van der Waals surface area contributed by atoms with E-state index in [-0.39, 0.29) is 6.54 Å². The second-order valence-corrected chi connectivity index (χ2v) is 6.42. The Labute approximate surface area is 135 Å². The molecule has 0 spiro atoms. The molecular weight excluding hydrogens is 331 g/mol. The van der Waals surface area contributed by atoms with Gasteiger partial charge in [-0.2, -0.15) is 13.2 Å². The van der Waals surface area contributed by atoms with Gasteiger partial charge in [0.1, 0.15) is 0 Å². The Kier molecular flexibility index (Phi) is 4.66. The lowest BCUT2D eigenvalue weighted by Gasteiger charge is -2.27. The molecule has 2 rings (SSSR count). The molecule has 4 nitrogen and oxygen atoms in total. The van der Waals surface area contributed by atoms with Crippen molar-refractivity contribution in [3.8, 4) is 0 Å². The molecule has 1 unspecified atom stereocenters. The highest BCUT2D eigenvalue weighted by Crippen LogP contribution is 2.46. The van der Waals surface area contributed by atoms with Gasteiger partial charge in [-0.3, -0.25) is 9.59 Å². The van der Waals surface area contributed by atoms with Crippen LogP contribution in [0.25, 0.3) is 0 Å². The third kappa shape index (κ3) is 3.04. The van der Waals surface area contributed by atoms with Crippen molar-refractivity contribution in [1.82, 2.24) is 4.90 Å². The Morgan fingerprint density at radius 3 is 2.48 bits per heavy atom. The molecule has 126 valence electrons. The highest BCUT2D eigenvalue weighted by Gasteiger charge is 2.64. The van der Waals surface area contributed by atoms with Gasteiger partial charge in [-0.05, 0) is 37.3 Å². The van der Waals surface area contributed by atoms with E-state index in [1.807, 2.05) is 12.3 Å². The normalized spacial score (nSPS) is 21.5. The maximum absolute atomic E-state index is 13.2. The van der Waals surface area contributed by atoms with Gasteiger partial charge < -0.3 is 10.0 Å². The van der Waals surface area contributed by atoms with E-state index in [1.165, 1.54) is 11.8 Å². The van der Waals surface area contributed by atoms with Gasteiger partial charge in [-0.25, -0.2) is 0 Å². The van der Waals surface area contributed by atoms with Crippen molar-refractivity contribution >= 4 is 23.6 Å². The molecule has 0 aromatic heterocycles. The molecule has 23 heavy (non-hydrogen) atoms. The van der Waals surface area contributed by atoms with Crippen molar-refractivity contribution in [2.75, 3.05) is 19.3 Å². The molecule has 1 amide bonds. The Morgan fingerprint density at radius 2 is 2.00 bits per heavy atom. The summed E-state index contributed by atoms with van der Waals surface area (Å²) in [7, 11) is 0. The molecule has 1 heterocycles. The Hall–Kier alpha value is -1.70. The van der Waals surface area contributed by atoms with E-state index in [0.717, 1.165) is 9.80 Å². The van der Waals surface area contributed by atoms with Crippen LogP contribution in [0.3, 0.4) is 0 Å². The Morgan fingerprint density at radius 1 is 1.35 bits per heavy atom. The first-order valence-electron chi connectivity index (χ1n) is 6.86. The number of hydrogen-bond donors (Lipinski definition) is 1. The summed E-state index contributed by atoms with van der Waals surface area (Å²) < 4.78 is 39.5. The number of hydrogen-bond acceptors (Lipinski definition) is 3. The summed E-state index contributed by atoms with van der Waals surface area (Å²) in [5.41, 5.74) is -1.93. The van der Waals surface area contributed by atoms with E-state index in [2.05, 4.69) is 0 Å². The number of carboxylic acid groups (broad SMARTS) is 1. The first kappa shape index (κ1) is 17.7. The molecule has 1 aromatic rings. The number of rotatable bonds is 3. The van der Waals surface area contributed by atoms with Gasteiger partial charge in [0, 0.05) is 23.5 Å². The molecule has 1 aliphatic rings. The lowest BCUT2D eigenvalue weighted by atomic mass is 9.86. The summed E-state index contributed by atoms with van der Waals surface area (Å²) in [6.45, 7) is 0.614. The zero-order chi connectivity index (χ0) is 17.4. The first-order valence-corrected chi connectivity index (χ1v) is 8.09. The van der Waals surface area contributed by atoms with Crippen LogP contribution in [-0.2, 0) is 4.79 Å². The standard InChI is InChI=1S/C15H16F3NO3S/c1-9-3-4-10(23-2)7-11(9)12(20)19-6-5-14(8-19,13(21)22)15(16,17)18/h3-4,7H,5-6,8H2,1-2H3,(H,21,22). The zero-order valence-corrected chi connectivity index (χ0v) is 13.4. The first-order chi connectivity index (χ1) is 10.6. The number of benzene rings is 1. The van der Waals surface area contributed by atoms with Crippen LogP contribution in [0.1, 0.15) is 22.3 Å². The lowest BCUT2D eigenvalue weighted by molar-refractivity contribution is -0.227. The largest absolute Gasteiger partial charge is 0.481 e. The molecule has 1 fully saturated rings. The van der Waals surface area contributed by atoms with Crippen molar-refractivity contribution in [2.24, 2.45) is 5.41 Å². The monoisotopic (exact) mass is 347 g/mol. The van der Waals surface area contributed by atoms with E-state index < -0.39 is 36.4 Å². The molecule has 0 radical (unpaired) electrons. The van der Waals surface area contributed by atoms with Crippen molar-refractivity contribution in [2.45, 2.75) is 24.4 Å². The summed E-state index contributed by atoms with van der Waals surface area (Å²) >= 11 is 1.42. The highest BCUT2D eigenvalue weighted by atomic mass is 32.2. The summed E-state index contributed by atoms with van der Waals surface area (Å²) in [6, 6.07) is 5.16. The fourth-order valence-corrected chi connectivity index (χ4v) is 3.08. The molecule has 8 heteroatoms. The fraction of sp³-hybridized carbons (Fsp3) is 0.467. The van der Waals surface area contributed by atoms with E-state index in [4.69, 9.17) is 5.11 Å². The third-order valence-electron chi connectivity index (χ3n) is 4.18. The average Bonchev–Trinajstić information content (AvgIpc) is 2.93. The van der Waals surface area contributed by atoms with Gasteiger partial charge in [0.2, 0.25) is 0 Å². The second kappa shape index (κ2) is 6.07. The quantitative estimate of drug-likeness (QED) is 0.853.